The number of carboxylic acids is 1. The summed E-state index contributed by atoms with van der Waals surface area (Å²) < 4.78 is 0. The highest BCUT2D eigenvalue weighted by Crippen LogP contribution is 2.23. The van der Waals surface area contributed by atoms with Crippen molar-refractivity contribution >= 4 is 35.0 Å². The molecule has 86 valence electrons. The van der Waals surface area contributed by atoms with E-state index >= 15 is 0 Å². The van der Waals surface area contributed by atoms with E-state index in [0.29, 0.717) is 0 Å². The highest BCUT2D eigenvalue weighted by molar-refractivity contribution is 8.00. The van der Waals surface area contributed by atoms with Gasteiger partial charge >= 0.3 is 5.97 Å². The molecule has 0 saturated carbocycles. The number of thioether (sulfide) groups is 1. The Hall–Kier alpha value is -0.910. The summed E-state index contributed by atoms with van der Waals surface area (Å²) in [5, 5.41) is 15.5. The summed E-state index contributed by atoms with van der Waals surface area (Å²) in [5.74, 6) is 0.0587. The molecule has 0 aliphatic carbocycles. The van der Waals surface area contributed by atoms with Crippen LogP contribution >= 0.6 is 23.4 Å². The normalized spacial score (nSPS) is 19.7. The lowest BCUT2D eigenvalue weighted by Gasteiger charge is -2.13. The molecule has 1 aliphatic heterocycles. The minimum absolute atomic E-state index is 0.124. The summed E-state index contributed by atoms with van der Waals surface area (Å²) >= 11 is 7.63. The van der Waals surface area contributed by atoms with Crippen LogP contribution in [0.2, 0.25) is 5.02 Å². The van der Waals surface area contributed by atoms with Crippen molar-refractivity contribution in [2.75, 3.05) is 17.6 Å². The van der Waals surface area contributed by atoms with Gasteiger partial charge in [-0.15, -0.1) is 11.8 Å². The molecule has 0 spiro atoms. The van der Waals surface area contributed by atoms with E-state index in [1.54, 1.807) is 23.9 Å². The molecular weight excluding hydrogens is 248 g/mol. The Morgan fingerprint density at radius 3 is 3.00 bits per heavy atom. The SMILES string of the molecule is O=C(O)c1ccc(NC2NCCS2)cc1Cl. The molecule has 0 bridgehead atoms. The number of hydrogen-bond donors (Lipinski definition) is 3. The molecule has 1 atom stereocenters. The minimum atomic E-state index is -1.01. The fourth-order valence-corrected chi connectivity index (χ4v) is 2.64. The fraction of sp³-hybridized carbons (Fsp3) is 0.300. The molecule has 2 rings (SSSR count). The number of nitrogens with one attached hydrogen (secondary N) is 2. The van der Waals surface area contributed by atoms with Gasteiger partial charge in [-0.2, -0.15) is 0 Å². The molecule has 3 N–H and O–H groups in total. The van der Waals surface area contributed by atoms with Crippen molar-refractivity contribution in [3.8, 4) is 0 Å². The molecule has 1 saturated heterocycles. The van der Waals surface area contributed by atoms with Crippen LogP contribution in [0, 0.1) is 0 Å². The van der Waals surface area contributed by atoms with Gasteiger partial charge in [-0.1, -0.05) is 11.6 Å². The number of rotatable bonds is 3. The maximum absolute atomic E-state index is 10.8. The maximum Gasteiger partial charge on any atom is 0.337 e. The number of aromatic carboxylic acids is 1. The molecule has 1 aliphatic rings. The Kier molecular flexibility index (Phi) is 3.58. The lowest BCUT2D eigenvalue weighted by molar-refractivity contribution is 0.0697. The van der Waals surface area contributed by atoms with E-state index < -0.39 is 5.97 Å². The number of anilines is 1. The van der Waals surface area contributed by atoms with Gasteiger partial charge in [-0.05, 0) is 18.2 Å². The topological polar surface area (TPSA) is 61.4 Å². The second kappa shape index (κ2) is 4.95. The van der Waals surface area contributed by atoms with Crippen molar-refractivity contribution in [2.45, 2.75) is 5.50 Å². The van der Waals surface area contributed by atoms with Crippen LogP contribution in [-0.2, 0) is 0 Å². The quantitative estimate of drug-likeness (QED) is 0.775. The van der Waals surface area contributed by atoms with E-state index in [9.17, 15) is 4.79 Å². The van der Waals surface area contributed by atoms with Gasteiger partial charge in [0.2, 0.25) is 0 Å². The third-order valence-electron chi connectivity index (χ3n) is 2.21. The first-order valence-corrected chi connectivity index (χ1v) is 6.24. The summed E-state index contributed by atoms with van der Waals surface area (Å²) in [4.78, 5) is 10.8. The average Bonchev–Trinajstić information content (AvgIpc) is 2.70. The van der Waals surface area contributed by atoms with Crippen LogP contribution in [-0.4, -0.2) is 28.9 Å². The summed E-state index contributed by atoms with van der Waals surface area (Å²) in [5.41, 5.74) is 1.12. The third-order valence-corrected chi connectivity index (χ3v) is 3.58. The number of benzene rings is 1. The molecule has 0 amide bonds. The van der Waals surface area contributed by atoms with E-state index in [4.69, 9.17) is 16.7 Å². The van der Waals surface area contributed by atoms with Gasteiger partial charge in [0.15, 0.2) is 0 Å². The molecular formula is C10H11ClN2O2S. The van der Waals surface area contributed by atoms with Crippen LogP contribution in [0.5, 0.6) is 0 Å². The molecule has 6 heteroatoms. The van der Waals surface area contributed by atoms with Gasteiger partial charge in [0.1, 0.15) is 5.50 Å². The van der Waals surface area contributed by atoms with Crippen molar-refractivity contribution in [1.82, 2.24) is 5.32 Å². The Balaban J connectivity index is 2.11. The zero-order valence-corrected chi connectivity index (χ0v) is 9.94. The number of hydrogen-bond acceptors (Lipinski definition) is 4. The largest absolute Gasteiger partial charge is 0.478 e. The molecule has 1 fully saturated rings. The van der Waals surface area contributed by atoms with Crippen molar-refractivity contribution in [2.24, 2.45) is 0 Å². The maximum atomic E-state index is 10.8. The Bertz CT molecular complexity index is 408. The first-order chi connectivity index (χ1) is 7.66. The molecule has 1 aromatic carbocycles. The highest BCUT2D eigenvalue weighted by atomic mass is 35.5. The van der Waals surface area contributed by atoms with Crippen LogP contribution in [0.25, 0.3) is 0 Å². The lowest BCUT2D eigenvalue weighted by Crippen LogP contribution is -2.27. The number of carbonyl (C=O) groups is 1. The highest BCUT2D eigenvalue weighted by Gasteiger charge is 2.15. The molecule has 0 radical (unpaired) electrons. The van der Waals surface area contributed by atoms with Gasteiger partial charge in [0.25, 0.3) is 0 Å². The van der Waals surface area contributed by atoms with Crippen LogP contribution in [0.3, 0.4) is 0 Å². The molecule has 4 nitrogen and oxygen atoms in total. The van der Waals surface area contributed by atoms with Crippen molar-refractivity contribution < 1.29 is 9.90 Å². The second-order valence-corrected chi connectivity index (χ2v) is 4.97. The van der Waals surface area contributed by atoms with E-state index in [0.717, 1.165) is 18.0 Å². The first-order valence-electron chi connectivity index (χ1n) is 4.81. The first kappa shape index (κ1) is 11.6. The van der Waals surface area contributed by atoms with E-state index in [-0.39, 0.29) is 16.1 Å². The van der Waals surface area contributed by atoms with Crippen molar-refractivity contribution in [3.05, 3.63) is 28.8 Å². The Morgan fingerprint density at radius 1 is 1.62 bits per heavy atom. The van der Waals surface area contributed by atoms with E-state index in [1.165, 1.54) is 6.07 Å². The van der Waals surface area contributed by atoms with Gasteiger partial charge in [-0.25, -0.2) is 4.79 Å². The molecule has 1 heterocycles. The standard InChI is InChI=1S/C10H11ClN2O2S/c11-8-5-6(1-2-7(8)9(14)15)13-10-12-3-4-16-10/h1-2,5,10,12-13H,3-4H2,(H,14,15). The van der Waals surface area contributed by atoms with Crippen molar-refractivity contribution in [1.29, 1.82) is 0 Å². The van der Waals surface area contributed by atoms with Crippen LogP contribution < -0.4 is 10.6 Å². The molecule has 16 heavy (non-hydrogen) atoms. The lowest BCUT2D eigenvalue weighted by atomic mass is 10.2. The molecule has 1 unspecified atom stereocenters. The predicted molar refractivity (Wildman–Crippen MR) is 66.3 cm³/mol. The third kappa shape index (κ3) is 2.61. The van der Waals surface area contributed by atoms with Crippen LogP contribution in [0.15, 0.2) is 18.2 Å². The van der Waals surface area contributed by atoms with E-state index in [2.05, 4.69) is 10.6 Å². The zero-order chi connectivity index (χ0) is 11.5. The summed E-state index contributed by atoms with van der Waals surface area (Å²) in [6.07, 6.45) is 0. The summed E-state index contributed by atoms with van der Waals surface area (Å²) in [6.45, 7) is 0.975. The average molecular weight is 259 g/mol. The smallest absolute Gasteiger partial charge is 0.337 e. The minimum Gasteiger partial charge on any atom is -0.478 e. The number of carboxylic acid groups (broad SMARTS) is 1. The van der Waals surface area contributed by atoms with Crippen LogP contribution in [0.4, 0.5) is 5.69 Å². The van der Waals surface area contributed by atoms with E-state index in [1.807, 2.05) is 0 Å². The summed E-state index contributed by atoms with van der Waals surface area (Å²) in [6, 6.07) is 4.86. The number of halogens is 1. The molecule has 0 aromatic heterocycles. The fourth-order valence-electron chi connectivity index (χ4n) is 1.45. The van der Waals surface area contributed by atoms with Gasteiger partial charge < -0.3 is 10.4 Å². The predicted octanol–water partition coefficient (Wildman–Crippen LogP) is 2.07. The van der Waals surface area contributed by atoms with Gasteiger partial charge in [-0.3, -0.25) is 5.32 Å². The van der Waals surface area contributed by atoms with Gasteiger partial charge in [0, 0.05) is 18.0 Å². The summed E-state index contributed by atoms with van der Waals surface area (Å²) in [7, 11) is 0. The van der Waals surface area contributed by atoms with Gasteiger partial charge in [0.05, 0.1) is 10.6 Å². The van der Waals surface area contributed by atoms with Crippen molar-refractivity contribution in [3.63, 3.8) is 0 Å². The van der Waals surface area contributed by atoms with Crippen LogP contribution in [0.1, 0.15) is 10.4 Å². The Morgan fingerprint density at radius 2 is 2.44 bits per heavy atom. The Labute approximate surface area is 102 Å². The zero-order valence-electron chi connectivity index (χ0n) is 8.37. The second-order valence-electron chi connectivity index (χ2n) is 3.35. The monoisotopic (exact) mass is 258 g/mol. The molecule has 1 aromatic rings.